The monoisotopic (exact) mass is 304 g/mol. The van der Waals surface area contributed by atoms with Crippen LogP contribution in [0, 0.1) is 5.41 Å². The quantitative estimate of drug-likeness (QED) is 0.584. The van der Waals surface area contributed by atoms with Gasteiger partial charge >= 0.3 is 0 Å². The van der Waals surface area contributed by atoms with Crippen molar-refractivity contribution in [3.63, 3.8) is 0 Å². The number of primary amides is 1. The fourth-order valence-electron chi connectivity index (χ4n) is 2.39. The van der Waals surface area contributed by atoms with Gasteiger partial charge in [-0.05, 0) is 34.8 Å². The van der Waals surface area contributed by atoms with Gasteiger partial charge in [0.2, 0.25) is 5.91 Å². The molecule has 0 heterocycles. The molecular formula is C20H20N2O. The van der Waals surface area contributed by atoms with Crippen LogP contribution >= 0.6 is 0 Å². The minimum absolute atomic E-state index is 0.312. The smallest absolute Gasteiger partial charge is 0.217 e. The Morgan fingerprint density at radius 3 is 2.43 bits per heavy atom. The highest BCUT2D eigenvalue weighted by Gasteiger charge is 2.07. The van der Waals surface area contributed by atoms with Crippen molar-refractivity contribution in [2.45, 2.75) is 12.8 Å². The summed E-state index contributed by atoms with van der Waals surface area (Å²) in [6, 6.07) is 18.3. The molecule has 0 saturated carbocycles. The van der Waals surface area contributed by atoms with Crippen LogP contribution in [0.3, 0.4) is 0 Å². The molecule has 0 unspecified atom stereocenters. The minimum Gasteiger partial charge on any atom is -0.370 e. The number of allylic oxidation sites excluding steroid dienone is 4. The van der Waals surface area contributed by atoms with Crippen molar-refractivity contribution in [2.24, 2.45) is 5.73 Å². The standard InChI is InChI=1S/C20H20N2O/c21-15-7-11-17(10-6-14-20(22)23)19-13-5-4-12-18(19)16-8-2-1-3-9-16/h1-5,7-13,15,21H,6,14H2,(H2,22,23)/b11-7-,17-10+,21-15?. The maximum absolute atomic E-state index is 11.0. The second-order valence-electron chi connectivity index (χ2n) is 5.10. The Labute approximate surface area is 136 Å². The highest BCUT2D eigenvalue weighted by atomic mass is 16.1. The zero-order valence-electron chi connectivity index (χ0n) is 12.9. The van der Waals surface area contributed by atoms with Gasteiger partial charge in [-0.1, -0.05) is 66.7 Å². The molecule has 0 spiro atoms. The van der Waals surface area contributed by atoms with Crippen LogP contribution in [0.4, 0.5) is 0 Å². The van der Waals surface area contributed by atoms with Gasteiger partial charge in [0.1, 0.15) is 0 Å². The van der Waals surface area contributed by atoms with Gasteiger partial charge in [0.15, 0.2) is 0 Å². The first-order valence-corrected chi connectivity index (χ1v) is 7.53. The molecule has 3 heteroatoms. The van der Waals surface area contributed by atoms with Gasteiger partial charge in [-0.15, -0.1) is 0 Å². The number of amides is 1. The number of hydrogen-bond acceptors (Lipinski definition) is 2. The summed E-state index contributed by atoms with van der Waals surface area (Å²) in [7, 11) is 0. The van der Waals surface area contributed by atoms with E-state index in [4.69, 9.17) is 11.1 Å². The summed E-state index contributed by atoms with van der Waals surface area (Å²) >= 11 is 0. The van der Waals surface area contributed by atoms with E-state index in [0.29, 0.717) is 12.8 Å². The van der Waals surface area contributed by atoms with Crippen LogP contribution in [0.1, 0.15) is 18.4 Å². The summed E-state index contributed by atoms with van der Waals surface area (Å²) in [6.45, 7) is 0. The molecule has 0 atom stereocenters. The third-order valence-corrected chi connectivity index (χ3v) is 3.45. The number of carbonyl (C=O) groups is 1. The Morgan fingerprint density at radius 2 is 1.74 bits per heavy atom. The first-order chi connectivity index (χ1) is 11.2. The van der Waals surface area contributed by atoms with Crippen molar-refractivity contribution in [1.29, 1.82) is 5.41 Å². The van der Waals surface area contributed by atoms with E-state index in [1.165, 1.54) is 6.21 Å². The van der Waals surface area contributed by atoms with E-state index in [0.717, 1.165) is 22.3 Å². The summed E-state index contributed by atoms with van der Waals surface area (Å²) in [6.07, 6.45) is 7.69. The first kappa shape index (κ1) is 16.4. The first-order valence-electron chi connectivity index (χ1n) is 7.53. The normalized spacial score (nSPS) is 11.6. The van der Waals surface area contributed by atoms with Crippen LogP contribution < -0.4 is 5.73 Å². The van der Waals surface area contributed by atoms with Gasteiger partial charge in [0.05, 0.1) is 0 Å². The van der Waals surface area contributed by atoms with E-state index >= 15 is 0 Å². The largest absolute Gasteiger partial charge is 0.370 e. The molecule has 0 fully saturated rings. The van der Waals surface area contributed by atoms with E-state index in [1.54, 1.807) is 6.08 Å². The lowest BCUT2D eigenvalue weighted by atomic mass is 9.93. The van der Waals surface area contributed by atoms with Crippen LogP contribution in [0.15, 0.2) is 72.8 Å². The zero-order valence-corrected chi connectivity index (χ0v) is 12.9. The Bertz CT molecular complexity index is 730. The summed E-state index contributed by atoms with van der Waals surface area (Å²) in [5, 5.41) is 7.21. The van der Waals surface area contributed by atoms with Gasteiger partial charge < -0.3 is 11.1 Å². The predicted molar refractivity (Wildman–Crippen MR) is 96.2 cm³/mol. The molecule has 0 radical (unpaired) electrons. The van der Waals surface area contributed by atoms with Crippen molar-refractivity contribution in [3.8, 4) is 11.1 Å². The van der Waals surface area contributed by atoms with Crippen molar-refractivity contribution >= 4 is 17.7 Å². The fraction of sp³-hybridized carbons (Fsp3) is 0.100. The average Bonchev–Trinajstić information content (AvgIpc) is 2.58. The minimum atomic E-state index is -0.312. The molecule has 0 aliphatic carbocycles. The zero-order chi connectivity index (χ0) is 16.5. The van der Waals surface area contributed by atoms with Crippen molar-refractivity contribution in [3.05, 3.63) is 78.4 Å². The lowest BCUT2D eigenvalue weighted by Crippen LogP contribution is -2.09. The van der Waals surface area contributed by atoms with E-state index < -0.39 is 0 Å². The summed E-state index contributed by atoms with van der Waals surface area (Å²) < 4.78 is 0. The van der Waals surface area contributed by atoms with Crippen LogP contribution in [0.5, 0.6) is 0 Å². The molecule has 0 aliphatic heterocycles. The van der Waals surface area contributed by atoms with E-state index in [2.05, 4.69) is 18.2 Å². The molecule has 1 amide bonds. The third-order valence-electron chi connectivity index (χ3n) is 3.45. The molecule has 0 saturated heterocycles. The summed E-state index contributed by atoms with van der Waals surface area (Å²) in [5.74, 6) is -0.312. The summed E-state index contributed by atoms with van der Waals surface area (Å²) in [5.41, 5.74) is 9.52. The Balaban J connectivity index is 2.44. The Kier molecular flexibility index (Phi) is 6.07. The Hall–Kier alpha value is -2.94. The maximum Gasteiger partial charge on any atom is 0.217 e. The molecule has 0 bridgehead atoms. The molecule has 2 aromatic carbocycles. The molecule has 23 heavy (non-hydrogen) atoms. The Morgan fingerprint density at radius 1 is 1.04 bits per heavy atom. The number of nitrogens with one attached hydrogen (secondary N) is 1. The van der Waals surface area contributed by atoms with Gasteiger partial charge in [0, 0.05) is 12.6 Å². The number of rotatable bonds is 7. The van der Waals surface area contributed by atoms with Crippen LogP contribution in [0.2, 0.25) is 0 Å². The van der Waals surface area contributed by atoms with Crippen LogP contribution in [0.25, 0.3) is 16.7 Å². The van der Waals surface area contributed by atoms with Crippen molar-refractivity contribution in [1.82, 2.24) is 0 Å². The van der Waals surface area contributed by atoms with Gasteiger partial charge in [-0.3, -0.25) is 4.79 Å². The van der Waals surface area contributed by atoms with Crippen LogP contribution in [-0.4, -0.2) is 12.1 Å². The van der Waals surface area contributed by atoms with Crippen molar-refractivity contribution in [2.75, 3.05) is 0 Å². The number of nitrogens with two attached hydrogens (primary N) is 1. The topological polar surface area (TPSA) is 66.9 Å². The van der Waals surface area contributed by atoms with E-state index in [9.17, 15) is 4.79 Å². The number of hydrogen-bond donors (Lipinski definition) is 2. The summed E-state index contributed by atoms with van der Waals surface area (Å²) in [4.78, 5) is 11.0. The molecule has 2 rings (SSSR count). The number of benzene rings is 2. The highest BCUT2D eigenvalue weighted by molar-refractivity contribution is 5.88. The highest BCUT2D eigenvalue weighted by Crippen LogP contribution is 2.29. The molecule has 116 valence electrons. The lowest BCUT2D eigenvalue weighted by Gasteiger charge is -2.11. The predicted octanol–water partition coefficient (Wildman–Crippen LogP) is 4.21. The van der Waals surface area contributed by atoms with Gasteiger partial charge in [-0.2, -0.15) is 0 Å². The van der Waals surface area contributed by atoms with E-state index in [1.807, 2.05) is 48.6 Å². The number of carbonyl (C=O) groups excluding carboxylic acids is 1. The molecule has 0 aliphatic rings. The van der Waals surface area contributed by atoms with Gasteiger partial charge in [-0.25, -0.2) is 0 Å². The van der Waals surface area contributed by atoms with Gasteiger partial charge in [0.25, 0.3) is 0 Å². The second-order valence-corrected chi connectivity index (χ2v) is 5.10. The average molecular weight is 304 g/mol. The lowest BCUT2D eigenvalue weighted by molar-refractivity contribution is -0.117. The molecule has 2 aromatic rings. The van der Waals surface area contributed by atoms with Crippen molar-refractivity contribution < 1.29 is 4.79 Å². The third kappa shape index (κ3) is 4.78. The second kappa shape index (κ2) is 8.49. The maximum atomic E-state index is 11.0. The molecule has 3 N–H and O–H groups in total. The van der Waals surface area contributed by atoms with E-state index in [-0.39, 0.29) is 5.91 Å². The fourth-order valence-corrected chi connectivity index (χ4v) is 2.39. The van der Waals surface area contributed by atoms with Crippen LogP contribution in [-0.2, 0) is 4.79 Å². The SMILES string of the molecule is N=C/C=C\C(=C/CCC(N)=O)c1ccccc1-c1ccccc1. The molecule has 0 aromatic heterocycles. The molecular weight excluding hydrogens is 284 g/mol. The molecule has 3 nitrogen and oxygen atoms in total.